The second-order valence-electron chi connectivity index (χ2n) is 5.65. The number of nitrogens with zero attached hydrogens (tertiary/aromatic N) is 4. The van der Waals surface area contributed by atoms with Crippen molar-refractivity contribution in [2.45, 2.75) is 13.1 Å². The number of carbonyl (C=O) groups excluding carboxylic acids is 2. The molecule has 1 saturated heterocycles. The van der Waals surface area contributed by atoms with Crippen LogP contribution in [0.2, 0.25) is 5.02 Å². The largest absolute Gasteiger partial charge is 0.436 e. The summed E-state index contributed by atoms with van der Waals surface area (Å²) < 4.78 is 39.4. The van der Waals surface area contributed by atoms with Crippen LogP contribution in [0.1, 0.15) is 23.1 Å². The fourth-order valence-corrected chi connectivity index (χ4v) is 2.97. The lowest BCUT2D eigenvalue weighted by molar-refractivity contribution is -0.141. The molecule has 1 fully saturated rings. The van der Waals surface area contributed by atoms with Crippen molar-refractivity contribution in [3.05, 3.63) is 16.4 Å². The van der Waals surface area contributed by atoms with Crippen LogP contribution in [0.15, 0.2) is 0 Å². The average Bonchev–Trinajstić information content (AvgIpc) is 2.82. The number of alkyl halides is 3. The Labute approximate surface area is 147 Å². The summed E-state index contributed by atoms with van der Waals surface area (Å²) in [5.74, 6) is -0.708. The number of aromatic nitrogens is 2. The van der Waals surface area contributed by atoms with Crippen LogP contribution >= 0.6 is 11.6 Å². The fraction of sp³-hybridized carbons (Fsp3) is 0.643. The highest BCUT2D eigenvalue weighted by molar-refractivity contribution is 6.34. The fourth-order valence-electron chi connectivity index (χ4n) is 2.63. The summed E-state index contributed by atoms with van der Waals surface area (Å²) in [5, 5.41) is 5.32. The summed E-state index contributed by atoms with van der Waals surface area (Å²) >= 11 is 5.75. The molecule has 25 heavy (non-hydrogen) atoms. The molecule has 0 spiro atoms. The van der Waals surface area contributed by atoms with E-state index in [0.717, 1.165) is 4.68 Å². The molecular formula is C14H19ClF3N5O2. The molecule has 11 heteroatoms. The van der Waals surface area contributed by atoms with E-state index in [-0.39, 0.29) is 18.1 Å². The molecule has 0 radical (unpaired) electrons. The van der Waals surface area contributed by atoms with E-state index >= 15 is 0 Å². The summed E-state index contributed by atoms with van der Waals surface area (Å²) in [6, 6.07) is 0. The normalized spacial score (nSPS) is 16.2. The number of likely N-dealkylation sites (N-methyl/N-ethyl adjacent to an activating group) is 1. The van der Waals surface area contributed by atoms with Gasteiger partial charge in [0, 0.05) is 39.8 Å². The molecule has 0 atom stereocenters. The summed E-state index contributed by atoms with van der Waals surface area (Å²) in [6.07, 6.45) is -4.72. The zero-order chi connectivity index (χ0) is 18.8. The van der Waals surface area contributed by atoms with Gasteiger partial charge in [0.1, 0.15) is 10.7 Å². The van der Waals surface area contributed by atoms with Crippen molar-refractivity contribution in [2.75, 3.05) is 39.3 Å². The minimum absolute atomic E-state index is 0.105. The third kappa shape index (κ3) is 4.43. The van der Waals surface area contributed by atoms with Crippen LogP contribution in [0.4, 0.5) is 13.2 Å². The maximum Gasteiger partial charge on any atom is 0.436 e. The maximum absolute atomic E-state index is 12.9. The van der Waals surface area contributed by atoms with Crippen molar-refractivity contribution in [1.82, 2.24) is 24.9 Å². The number of nitrogens with one attached hydrogen (secondary N) is 1. The molecule has 140 valence electrons. The molecule has 7 nitrogen and oxygen atoms in total. The molecule has 0 saturated carbocycles. The highest BCUT2D eigenvalue weighted by Gasteiger charge is 2.40. The van der Waals surface area contributed by atoms with Gasteiger partial charge in [-0.3, -0.25) is 19.2 Å². The van der Waals surface area contributed by atoms with E-state index in [0.29, 0.717) is 32.7 Å². The van der Waals surface area contributed by atoms with Gasteiger partial charge in [-0.15, -0.1) is 0 Å². The third-order valence-electron chi connectivity index (χ3n) is 3.86. The number of rotatable bonds is 4. The molecule has 1 aliphatic rings. The lowest BCUT2D eigenvalue weighted by Crippen LogP contribution is -2.51. The van der Waals surface area contributed by atoms with Crippen LogP contribution in [0.25, 0.3) is 0 Å². The van der Waals surface area contributed by atoms with Crippen LogP contribution in [0.5, 0.6) is 0 Å². The van der Waals surface area contributed by atoms with Crippen molar-refractivity contribution in [3.63, 3.8) is 0 Å². The van der Waals surface area contributed by atoms with Crippen LogP contribution in [0.3, 0.4) is 0 Å². The number of amides is 2. The van der Waals surface area contributed by atoms with Gasteiger partial charge in [0.25, 0.3) is 5.91 Å². The Hall–Kier alpha value is -1.81. The SMILES string of the molecule is CCNC(=O)CN1CCN(C(=O)c2c(Cl)c(C(F)(F)F)nn2C)CC1. The minimum atomic E-state index is -4.72. The molecule has 0 aliphatic carbocycles. The van der Waals surface area contributed by atoms with Crippen molar-refractivity contribution in [1.29, 1.82) is 0 Å². The second-order valence-corrected chi connectivity index (χ2v) is 6.03. The molecule has 0 bridgehead atoms. The first-order valence-corrected chi connectivity index (χ1v) is 8.11. The van der Waals surface area contributed by atoms with Crippen molar-refractivity contribution < 1.29 is 22.8 Å². The quantitative estimate of drug-likeness (QED) is 0.844. The van der Waals surface area contributed by atoms with Gasteiger partial charge in [0.05, 0.1) is 6.54 Å². The van der Waals surface area contributed by atoms with E-state index in [1.54, 1.807) is 0 Å². The minimum Gasteiger partial charge on any atom is -0.355 e. The Bertz CT molecular complexity index is 654. The second kappa shape index (κ2) is 7.61. The maximum atomic E-state index is 12.9. The van der Waals surface area contributed by atoms with Gasteiger partial charge in [-0.05, 0) is 6.92 Å². The molecule has 2 amide bonds. The molecular weight excluding hydrogens is 363 g/mol. The Kier molecular flexibility index (Phi) is 5.94. The monoisotopic (exact) mass is 381 g/mol. The molecule has 2 rings (SSSR count). The van der Waals surface area contributed by atoms with E-state index in [1.807, 2.05) is 11.8 Å². The van der Waals surface area contributed by atoms with Crippen LogP contribution in [-0.4, -0.2) is 70.7 Å². The van der Waals surface area contributed by atoms with Crippen LogP contribution < -0.4 is 5.32 Å². The van der Waals surface area contributed by atoms with Crippen LogP contribution in [0, 0.1) is 0 Å². The molecule has 2 heterocycles. The Morgan fingerprint density at radius 2 is 1.84 bits per heavy atom. The van der Waals surface area contributed by atoms with Crippen molar-refractivity contribution in [3.8, 4) is 0 Å². The summed E-state index contributed by atoms with van der Waals surface area (Å²) in [5.41, 5.74) is -1.55. The van der Waals surface area contributed by atoms with E-state index in [4.69, 9.17) is 11.6 Å². The van der Waals surface area contributed by atoms with E-state index < -0.39 is 22.8 Å². The van der Waals surface area contributed by atoms with Gasteiger partial charge in [-0.25, -0.2) is 0 Å². The summed E-state index contributed by atoms with van der Waals surface area (Å²) in [7, 11) is 1.25. The standard InChI is InChI=1S/C14H19ClF3N5O2/c1-3-19-9(24)8-22-4-6-23(7-5-22)13(25)11-10(15)12(14(16,17)18)20-21(11)2/h3-8H2,1-2H3,(H,19,24). The molecule has 1 aromatic heterocycles. The van der Waals surface area contributed by atoms with Gasteiger partial charge < -0.3 is 10.2 Å². The zero-order valence-corrected chi connectivity index (χ0v) is 14.6. The smallest absolute Gasteiger partial charge is 0.355 e. The topological polar surface area (TPSA) is 70.5 Å². The number of carbonyl (C=O) groups is 2. The molecule has 0 unspecified atom stereocenters. The van der Waals surface area contributed by atoms with Crippen LogP contribution in [-0.2, 0) is 18.0 Å². The lowest BCUT2D eigenvalue weighted by atomic mass is 10.2. The van der Waals surface area contributed by atoms with E-state index in [2.05, 4.69) is 10.4 Å². The molecule has 1 aliphatic heterocycles. The van der Waals surface area contributed by atoms with Crippen molar-refractivity contribution in [2.24, 2.45) is 7.05 Å². The highest BCUT2D eigenvalue weighted by atomic mass is 35.5. The lowest BCUT2D eigenvalue weighted by Gasteiger charge is -2.34. The Morgan fingerprint density at radius 3 is 2.32 bits per heavy atom. The number of halogens is 4. The average molecular weight is 382 g/mol. The third-order valence-corrected chi connectivity index (χ3v) is 4.22. The highest BCUT2D eigenvalue weighted by Crippen LogP contribution is 2.35. The predicted molar refractivity (Wildman–Crippen MR) is 84.2 cm³/mol. The van der Waals surface area contributed by atoms with Gasteiger partial charge in [0.15, 0.2) is 5.69 Å². The zero-order valence-electron chi connectivity index (χ0n) is 13.9. The number of aryl methyl sites for hydroxylation is 1. The Morgan fingerprint density at radius 1 is 1.24 bits per heavy atom. The number of hydrogen-bond donors (Lipinski definition) is 1. The first-order chi connectivity index (χ1) is 11.6. The molecule has 1 N–H and O–H groups in total. The summed E-state index contributed by atoms with van der Waals surface area (Å²) in [6.45, 7) is 4.07. The Balaban J connectivity index is 2.04. The first-order valence-electron chi connectivity index (χ1n) is 7.73. The van der Waals surface area contributed by atoms with Gasteiger partial charge in [-0.1, -0.05) is 11.6 Å². The predicted octanol–water partition coefficient (Wildman–Crippen LogP) is 0.986. The van der Waals surface area contributed by atoms with E-state index in [1.165, 1.54) is 11.9 Å². The van der Waals surface area contributed by atoms with E-state index in [9.17, 15) is 22.8 Å². The first kappa shape index (κ1) is 19.5. The molecule has 0 aromatic carbocycles. The number of hydrogen-bond acceptors (Lipinski definition) is 4. The van der Waals surface area contributed by atoms with Gasteiger partial charge in [-0.2, -0.15) is 18.3 Å². The van der Waals surface area contributed by atoms with Gasteiger partial charge >= 0.3 is 6.18 Å². The summed E-state index contributed by atoms with van der Waals surface area (Å²) in [4.78, 5) is 27.4. The number of piperazine rings is 1. The molecule has 1 aromatic rings. The van der Waals surface area contributed by atoms with Gasteiger partial charge in [0.2, 0.25) is 5.91 Å². The van der Waals surface area contributed by atoms with Crippen molar-refractivity contribution >= 4 is 23.4 Å².